The number of nitrogens with zero attached hydrogens (tertiary/aromatic N) is 1. The summed E-state index contributed by atoms with van der Waals surface area (Å²) in [4.78, 5) is 14.7. The minimum Gasteiger partial charge on any atom is -0.598 e. The van der Waals surface area contributed by atoms with Crippen molar-refractivity contribution < 1.29 is 32.0 Å². The van der Waals surface area contributed by atoms with E-state index < -0.39 is 52.5 Å². The van der Waals surface area contributed by atoms with Crippen LogP contribution in [0.5, 0.6) is 0 Å². The number of carbonyl (C=O) groups is 1. The molecule has 3 atom stereocenters. The summed E-state index contributed by atoms with van der Waals surface area (Å²) in [5.74, 6) is -1.96. The minimum atomic E-state index is -2.91. The van der Waals surface area contributed by atoms with Gasteiger partial charge in [0.15, 0.2) is 0 Å². The van der Waals surface area contributed by atoms with Crippen LogP contribution in [-0.4, -0.2) is 50.4 Å². The molecule has 1 saturated carbocycles. The van der Waals surface area contributed by atoms with Crippen LogP contribution in [0.2, 0.25) is 0 Å². The largest absolute Gasteiger partial charge is 0.598 e. The maximum absolute atomic E-state index is 15.7. The Balaban J connectivity index is 1.72. The van der Waals surface area contributed by atoms with Gasteiger partial charge in [-0.2, -0.15) is 0 Å². The topological polar surface area (TPSA) is 75.6 Å². The van der Waals surface area contributed by atoms with Gasteiger partial charge < -0.3 is 14.6 Å². The second-order valence-corrected chi connectivity index (χ2v) is 11.0. The fraction of sp³-hybridized carbons (Fsp3) is 0.480. The van der Waals surface area contributed by atoms with E-state index >= 15 is 4.39 Å². The molecule has 1 amide bonds. The van der Waals surface area contributed by atoms with Crippen molar-refractivity contribution in [3.63, 3.8) is 0 Å². The number of benzene rings is 2. The lowest BCUT2D eigenvalue weighted by molar-refractivity contribution is -0.166. The van der Waals surface area contributed by atoms with Crippen LogP contribution in [0.15, 0.2) is 36.4 Å². The first-order valence-corrected chi connectivity index (χ1v) is 12.9. The third-order valence-electron chi connectivity index (χ3n) is 6.87. The molecule has 1 unspecified atom stereocenters. The van der Waals surface area contributed by atoms with Crippen LogP contribution in [0.25, 0.3) is 11.1 Å². The van der Waals surface area contributed by atoms with Gasteiger partial charge in [-0.25, -0.2) is 17.6 Å². The van der Waals surface area contributed by atoms with Crippen LogP contribution in [0.1, 0.15) is 44.2 Å². The number of fused-ring (bicyclic) bond motifs is 2. The highest BCUT2D eigenvalue weighted by molar-refractivity contribution is 7.88. The molecule has 3 aliphatic rings. The smallest absolute Gasteiger partial charge is 0.263 e. The highest BCUT2D eigenvalue weighted by Crippen LogP contribution is 2.45. The maximum Gasteiger partial charge on any atom is 0.263 e. The molecular formula is C25H28F4N2O3S. The van der Waals surface area contributed by atoms with E-state index in [0.717, 1.165) is 12.1 Å². The summed E-state index contributed by atoms with van der Waals surface area (Å²) in [7, 11) is 0. The lowest BCUT2D eigenvalue weighted by Gasteiger charge is -2.58. The maximum atomic E-state index is 15.7. The van der Waals surface area contributed by atoms with E-state index in [1.807, 2.05) is 0 Å². The van der Waals surface area contributed by atoms with E-state index in [1.165, 1.54) is 32.2 Å². The number of alkyl halides is 2. The zero-order chi connectivity index (χ0) is 25.7. The van der Waals surface area contributed by atoms with Gasteiger partial charge >= 0.3 is 0 Å². The molecule has 3 fully saturated rings. The fourth-order valence-electron chi connectivity index (χ4n) is 5.21. The van der Waals surface area contributed by atoms with Crippen LogP contribution in [0.3, 0.4) is 0 Å². The highest BCUT2D eigenvalue weighted by atomic mass is 32.2. The molecule has 35 heavy (non-hydrogen) atoms. The molecular weight excluding hydrogens is 484 g/mol. The summed E-state index contributed by atoms with van der Waals surface area (Å²) in [5.41, 5.74) is -2.04. The summed E-state index contributed by atoms with van der Waals surface area (Å²) < 4.78 is 71.1. The molecule has 10 heteroatoms. The first kappa shape index (κ1) is 25.9. The molecule has 1 aliphatic carbocycles. The second kappa shape index (κ2) is 9.72. The van der Waals surface area contributed by atoms with Gasteiger partial charge in [0.2, 0.25) is 0 Å². The predicted molar refractivity (Wildman–Crippen MR) is 125 cm³/mol. The summed E-state index contributed by atoms with van der Waals surface area (Å²) in [5, 5.41) is 10.4. The number of amides is 1. The fourth-order valence-corrected chi connectivity index (χ4v) is 5.94. The predicted octanol–water partition coefficient (Wildman–Crippen LogP) is 4.12. The number of halogens is 4. The highest BCUT2D eigenvalue weighted by Gasteiger charge is 2.55. The van der Waals surface area contributed by atoms with Crippen molar-refractivity contribution in [3.05, 3.63) is 59.2 Å². The average Bonchev–Trinajstić information content (AvgIpc) is 2.73. The summed E-state index contributed by atoms with van der Waals surface area (Å²) in [6.45, 7) is 2.78. The molecule has 2 aromatic rings. The molecule has 2 bridgehead atoms. The van der Waals surface area contributed by atoms with Crippen LogP contribution >= 0.6 is 0 Å². The van der Waals surface area contributed by atoms with Gasteiger partial charge in [-0.1, -0.05) is 18.2 Å². The van der Waals surface area contributed by atoms with Crippen molar-refractivity contribution in [2.24, 2.45) is 5.92 Å². The number of aliphatic hydroxyl groups is 1. The van der Waals surface area contributed by atoms with Gasteiger partial charge in [0.05, 0.1) is 12.1 Å². The Bertz CT molecular complexity index is 1100. The monoisotopic (exact) mass is 512 g/mol. The van der Waals surface area contributed by atoms with Gasteiger partial charge in [0.1, 0.15) is 23.5 Å². The molecule has 0 radical (unpaired) electrons. The lowest BCUT2D eigenvalue weighted by atomic mass is 9.66. The van der Waals surface area contributed by atoms with Crippen molar-refractivity contribution >= 4 is 17.3 Å². The molecule has 190 valence electrons. The number of hydrogen-bond acceptors (Lipinski definition) is 4. The summed E-state index contributed by atoms with van der Waals surface area (Å²) >= 11 is -1.39. The second-order valence-electron chi connectivity index (χ2n) is 9.88. The first-order chi connectivity index (χ1) is 16.4. The van der Waals surface area contributed by atoms with Crippen molar-refractivity contribution in [1.29, 1.82) is 0 Å². The molecule has 5 rings (SSSR count). The van der Waals surface area contributed by atoms with E-state index in [4.69, 9.17) is 0 Å². The van der Waals surface area contributed by atoms with Crippen molar-refractivity contribution in [2.45, 2.75) is 63.3 Å². The Hall–Kier alpha value is -2.14. The zero-order valence-corrected chi connectivity index (χ0v) is 20.4. The molecule has 5 nitrogen and oxygen atoms in total. The van der Waals surface area contributed by atoms with Crippen LogP contribution in [0, 0.1) is 17.6 Å². The minimum absolute atomic E-state index is 0.0140. The molecule has 2 heterocycles. The van der Waals surface area contributed by atoms with Crippen molar-refractivity contribution in [1.82, 2.24) is 9.62 Å². The van der Waals surface area contributed by atoms with Gasteiger partial charge in [-0.05, 0) is 68.4 Å². The Morgan fingerprint density at radius 3 is 2.54 bits per heavy atom. The Kier molecular flexibility index (Phi) is 7.21. The van der Waals surface area contributed by atoms with Crippen molar-refractivity contribution in [3.8, 4) is 11.1 Å². The number of carbonyl (C=O) groups excluding carboxylic acids is 1. The number of piperidine rings is 2. The van der Waals surface area contributed by atoms with Crippen LogP contribution in [0.4, 0.5) is 17.6 Å². The molecule has 2 saturated heterocycles. The number of rotatable bonds is 7. The summed E-state index contributed by atoms with van der Waals surface area (Å²) in [6.07, 6.45) is -0.00577. The lowest BCUT2D eigenvalue weighted by Crippen LogP contribution is -2.72. The van der Waals surface area contributed by atoms with E-state index in [9.17, 15) is 27.6 Å². The molecule has 2 N–H and O–H groups in total. The Morgan fingerprint density at radius 1 is 1.26 bits per heavy atom. The van der Waals surface area contributed by atoms with E-state index in [2.05, 4.69) is 4.72 Å². The quantitative estimate of drug-likeness (QED) is 0.432. The normalized spacial score (nSPS) is 24.9. The third kappa shape index (κ3) is 5.21. The van der Waals surface area contributed by atoms with Gasteiger partial charge in [0, 0.05) is 28.5 Å². The first-order valence-electron chi connectivity index (χ1n) is 11.4. The van der Waals surface area contributed by atoms with Gasteiger partial charge in [0.25, 0.3) is 12.3 Å². The zero-order valence-electron chi connectivity index (χ0n) is 19.6. The van der Waals surface area contributed by atoms with Gasteiger partial charge in [-0.15, -0.1) is 4.72 Å². The average molecular weight is 513 g/mol. The molecule has 0 spiro atoms. The Morgan fingerprint density at radius 2 is 1.94 bits per heavy atom. The Labute approximate surface area is 204 Å². The third-order valence-corrected chi connectivity index (χ3v) is 7.48. The molecule has 0 aromatic heterocycles. The van der Waals surface area contributed by atoms with Crippen LogP contribution < -0.4 is 4.72 Å². The van der Waals surface area contributed by atoms with Crippen molar-refractivity contribution in [2.75, 3.05) is 6.26 Å². The molecule has 2 aliphatic heterocycles. The van der Waals surface area contributed by atoms with E-state index in [0.29, 0.717) is 18.9 Å². The number of nitrogens with one attached hydrogen (secondary N) is 1. The number of hydrogen-bond donors (Lipinski definition) is 2. The van der Waals surface area contributed by atoms with Gasteiger partial charge in [-0.3, -0.25) is 4.79 Å². The SMILES string of the molecule is C[S+]([O-])N[C@H]1C2CC(C2)N(C(=O)C(C)(C)O)[C@H]1Cc1cccc(-c2cc(F)cc(C(F)F)c2)c1F. The van der Waals surface area contributed by atoms with E-state index in [-0.39, 0.29) is 41.1 Å². The standard InChI is InChI=1S/C25H28F4N2O3S/c1-25(2,33)24(32)31-18-10-15(11-18)22(30-35(3)34)20(31)12-13-5-4-6-19(21(13)27)14-7-16(23(28)29)9-17(26)8-14/h4-9,15,18,20,22-23,30,33H,10-12H2,1-3H3/t15?,18?,20-,22-,35?/m0/s1. The molecule has 2 aromatic carbocycles. The van der Waals surface area contributed by atoms with E-state index in [1.54, 1.807) is 11.0 Å². The summed E-state index contributed by atoms with van der Waals surface area (Å²) in [6, 6.07) is 6.13. The van der Waals surface area contributed by atoms with Crippen LogP contribution in [-0.2, 0) is 22.6 Å².